The van der Waals surface area contributed by atoms with E-state index in [1.54, 1.807) is 6.33 Å². The van der Waals surface area contributed by atoms with Gasteiger partial charge in [0.2, 0.25) is 5.91 Å². The highest BCUT2D eigenvalue weighted by Gasteiger charge is 2.21. The molecule has 5 heteroatoms. The van der Waals surface area contributed by atoms with E-state index in [4.69, 9.17) is 0 Å². The number of rotatable bonds is 3. The van der Waals surface area contributed by atoms with Crippen LogP contribution in [-0.4, -0.2) is 29.0 Å². The Hall–Kier alpha value is -1.65. The molecule has 1 saturated carbocycles. The lowest BCUT2D eigenvalue weighted by molar-refractivity contribution is -0.120. The van der Waals surface area contributed by atoms with Gasteiger partial charge >= 0.3 is 0 Å². The van der Waals surface area contributed by atoms with Crippen molar-refractivity contribution in [1.29, 1.82) is 0 Å². The first-order valence-corrected chi connectivity index (χ1v) is 8.21. The van der Waals surface area contributed by atoms with E-state index < -0.39 is 0 Å². The Labute approximate surface area is 126 Å². The van der Waals surface area contributed by atoms with Gasteiger partial charge in [0, 0.05) is 25.1 Å². The van der Waals surface area contributed by atoms with Crippen LogP contribution < -0.4 is 10.2 Å². The molecule has 0 atom stereocenters. The Bertz CT molecular complexity index is 479. The smallest absolute Gasteiger partial charge is 0.228 e. The van der Waals surface area contributed by atoms with Gasteiger partial charge in [-0.05, 0) is 32.1 Å². The number of amides is 1. The van der Waals surface area contributed by atoms with Gasteiger partial charge in [0.15, 0.2) is 0 Å². The average molecular weight is 288 g/mol. The maximum Gasteiger partial charge on any atom is 0.228 e. The SMILES string of the molecule is O=C(Nc1cc(N2CCCCC2)ncn1)C1CCCCC1. The van der Waals surface area contributed by atoms with Crippen molar-refractivity contribution in [2.24, 2.45) is 5.92 Å². The third-order valence-corrected chi connectivity index (χ3v) is 4.56. The quantitative estimate of drug-likeness (QED) is 0.929. The average Bonchev–Trinajstić information content (AvgIpc) is 2.57. The van der Waals surface area contributed by atoms with Crippen LogP contribution in [0.1, 0.15) is 51.4 Å². The normalized spacial score (nSPS) is 20.3. The van der Waals surface area contributed by atoms with Crippen molar-refractivity contribution in [3.63, 3.8) is 0 Å². The molecule has 1 saturated heterocycles. The molecule has 1 amide bonds. The number of hydrogen-bond acceptors (Lipinski definition) is 4. The Morgan fingerprint density at radius 3 is 2.52 bits per heavy atom. The summed E-state index contributed by atoms with van der Waals surface area (Å²) < 4.78 is 0. The van der Waals surface area contributed by atoms with Crippen molar-refractivity contribution in [1.82, 2.24) is 9.97 Å². The van der Waals surface area contributed by atoms with E-state index in [9.17, 15) is 4.79 Å². The van der Waals surface area contributed by atoms with Crippen LogP contribution in [0.5, 0.6) is 0 Å². The highest BCUT2D eigenvalue weighted by molar-refractivity contribution is 5.91. The second-order valence-electron chi connectivity index (χ2n) is 6.13. The molecule has 1 aromatic rings. The molecule has 0 aromatic carbocycles. The van der Waals surface area contributed by atoms with E-state index in [0.29, 0.717) is 5.82 Å². The van der Waals surface area contributed by atoms with E-state index in [1.807, 2.05) is 6.07 Å². The van der Waals surface area contributed by atoms with Crippen LogP contribution >= 0.6 is 0 Å². The molecule has 1 aliphatic carbocycles. The Morgan fingerprint density at radius 1 is 1.05 bits per heavy atom. The number of nitrogens with zero attached hydrogens (tertiary/aromatic N) is 3. The summed E-state index contributed by atoms with van der Waals surface area (Å²) in [6.45, 7) is 2.10. The molecule has 114 valence electrons. The van der Waals surface area contributed by atoms with Gasteiger partial charge in [-0.25, -0.2) is 9.97 Å². The van der Waals surface area contributed by atoms with E-state index >= 15 is 0 Å². The molecule has 2 fully saturated rings. The van der Waals surface area contributed by atoms with Crippen molar-refractivity contribution in [3.05, 3.63) is 12.4 Å². The summed E-state index contributed by atoms with van der Waals surface area (Å²) in [5.41, 5.74) is 0. The van der Waals surface area contributed by atoms with Crippen LogP contribution in [0, 0.1) is 5.92 Å². The van der Waals surface area contributed by atoms with Crippen LogP contribution in [-0.2, 0) is 4.79 Å². The highest BCUT2D eigenvalue weighted by Crippen LogP contribution is 2.25. The molecule has 5 nitrogen and oxygen atoms in total. The molecular weight excluding hydrogens is 264 g/mol. The van der Waals surface area contributed by atoms with Crippen molar-refractivity contribution in [3.8, 4) is 0 Å². The van der Waals surface area contributed by atoms with Gasteiger partial charge in [0.1, 0.15) is 18.0 Å². The molecule has 0 unspecified atom stereocenters. The zero-order chi connectivity index (χ0) is 14.5. The third-order valence-electron chi connectivity index (χ3n) is 4.56. The molecule has 2 aliphatic rings. The summed E-state index contributed by atoms with van der Waals surface area (Å²) in [6, 6.07) is 1.91. The standard InChI is InChI=1S/C16H24N4O/c21-16(13-7-3-1-4-8-13)19-14-11-15(18-12-17-14)20-9-5-2-6-10-20/h11-13H,1-10H2,(H,17,18,19,21). The van der Waals surface area contributed by atoms with E-state index in [-0.39, 0.29) is 11.8 Å². The lowest BCUT2D eigenvalue weighted by atomic mass is 9.89. The summed E-state index contributed by atoms with van der Waals surface area (Å²) in [7, 11) is 0. The molecular formula is C16H24N4O. The van der Waals surface area contributed by atoms with Gasteiger partial charge < -0.3 is 10.2 Å². The Morgan fingerprint density at radius 2 is 1.76 bits per heavy atom. The van der Waals surface area contributed by atoms with Gasteiger partial charge in [-0.2, -0.15) is 0 Å². The molecule has 1 aromatic heterocycles. The predicted molar refractivity (Wildman–Crippen MR) is 83.3 cm³/mol. The van der Waals surface area contributed by atoms with E-state index in [1.165, 1.54) is 38.5 Å². The van der Waals surface area contributed by atoms with Crippen LogP contribution in [0.4, 0.5) is 11.6 Å². The van der Waals surface area contributed by atoms with Gasteiger partial charge in [-0.3, -0.25) is 4.79 Å². The predicted octanol–water partition coefficient (Wildman–Crippen LogP) is 2.99. The highest BCUT2D eigenvalue weighted by atomic mass is 16.1. The maximum atomic E-state index is 12.3. The van der Waals surface area contributed by atoms with Gasteiger partial charge in [-0.15, -0.1) is 0 Å². The number of aromatic nitrogens is 2. The summed E-state index contributed by atoms with van der Waals surface area (Å²) in [5, 5.41) is 2.97. The second-order valence-corrected chi connectivity index (χ2v) is 6.13. The minimum atomic E-state index is 0.123. The topological polar surface area (TPSA) is 58.1 Å². The summed E-state index contributed by atoms with van der Waals surface area (Å²) >= 11 is 0. The molecule has 21 heavy (non-hydrogen) atoms. The maximum absolute atomic E-state index is 12.3. The van der Waals surface area contributed by atoms with Gasteiger partial charge in [-0.1, -0.05) is 19.3 Å². The minimum Gasteiger partial charge on any atom is -0.356 e. The molecule has 0 radical (unpaired) electrons. The molecule has 2 heterocycles. The van der Waals surface area contributed by atoms with Crippen LogP contribution in [0.15, 0.2) is 12.4 Å². The lowest BCUT2D eigenvalue weighted by Crippen LogP contribution is -2.30. The fourth-order valence-electron chi connectivity index (χ4n) is 3.30. The third kappa shape index (κ3) is 3.71. The zero-order valence-corrected chi connectivity index (χ0v) is 12.6. The zero-order valence-electron chi connectivity index (χ0n) is 12.6. The molecule has 1 N–H and O–H groups in total. The first-order chi connectivity index (χ1) is 10.3. The molecule has 1 aliphatic heterocycles. The largest absolute Gasteiger partial charge is 0.356 e. The van der Waals surface area contributed by atoms with Crippen LogP contribution in [0.25, 0.3) is 0 Å². The van der Waals surface area contributed by atoms with Crippen molar-refractivity contribution in [2.45, 2.75) is 51.4 Å². The van der Waals surface area contributed by atoms with Gasteiger partial charge in [0.25, 0.3) is 0 Å². The minimum absolute atomic E-state index is 0.123. The fraction of sp³-hybridized carbons (Fsp3) is 0.688. The Kier molecular flexibility index (Phi) is 4.68. The van der Waals surface area contributed by atoms with Crippen molar-refractivity contribution < 1.29 is 4.79 Å². The number of carbonyl (C=O) groups is 1. The first kappa shape index (κ1) is 14.3. The number of carbonyl (C=O) groups excluding carboxylic acids is 1. The Balaban J connectivity index is 1.63. The van der Waals surface area contributed by atoms with E-state index in [0.717, 1.165) is 31.7 Å². The number of hydrogen-bond donors (Lipinski definition) is 1. The molecule has 3 rings (SSSR count). The summed E-state index contributed by atoms with van der Waals surface area (Å²) in [4.78, 5) is 23.1. The second kappa shape index (κ2) is 6.87. The monoisotopic (exact) mass is 288 g/mol. The lowest BCUT2D eigenvalue weighted by Gasteiger charge is -2.27. The molecule has 0 spiro atoms. The first-order valence-electron chi connectivity index (χ1n) is 8.21. The van der Waals surface area contributed by atoms with Crippen molar-refractivity contribution >= 4 is 17.5 Å². The van der Waals surface area contributed by atoms with Crippen LogP contribution in [0.2, 0.25) is 0 Å². The number of anilines is 2. The van der Waals surface area contributed by atoms with Gasteiger partial charge in [0.05, 0.1) is 0 Å². The summed E-state index contributed by atoms with van der Waals surface area (Å²) in [5.74, 6) is 1.86. The van der Waals surface area contributed by atoms with E-state index in [2.05, 4.69) is 20.2 Å². The van der Waals surface area contributed by atoms with Crippen molar-refractivity contribution in [2.75, 3.05) is 23.3 Å². The fourth-order valence-corrected chi connectivity index (χ4v) is 3.30. The molecule has 0 bridgehead atoms. The summed E-state index contributed by atoms with van der Waals surface area (Å²) in [6.07, 6.45) is 10.9. The van der Waals surface area contributed by atoms with Crippen LogP contribution in [0.3, 0.4) is 0 Å². The number of nitrogens with one attached hydrogen (secondary N) is 1. The number of piperidine rings is 1.